The number of likely N-dealkylation sites (tertiary alicyclic amines) is 2. The van der Waals surface area contributed by atoms with Crippen molar-refractivity contribution in [2.24, 2.45) is 0 Å². The van der Waals surface area contributed by atoms with Gasteiger partial charge in [-0.25, -0.2) is 4.79 Å². The molecule has 3 aliphatic rings. The first-order chi connectivity index (χ1) is 17.6. The minimum atomic E-state index is -4.34. The molecule has 0 bridgehead atoms. The van der Waals surface area contributed by atoms with Gasteiger partial charge in [0.1, 0.15) is 0 Å². The van der Waals surface area contributed by atoms with Crippen molar-refractivity contribution in [2.45, 2.75) is 37.6 Å². The molecule has 5 rings (SSSR count). The number of urea groups is 1. The molecule has 0 spiro atoms. The molecule has 4 heterocycles. The highest BCUT2D eigenvalue weighted by Gasteiger charge is 2.38. The van der Waals surface area contributed by atoms with E-state index in [9.17, 15) is 27.1 Å². The van der Waals surface area contributed by atoms with E-state index in [1.54, 1.807) is 0 Å². The van der Waals surface area contributed by atoms with Crippen LogP contribution in [-0.4, -0.2) is 97.3 Å². The second-order valence-electron chi connectivity index (χ2n) is 10.3. The van der Waals surface area contributed by atoms with Crippen molar-refractivity contribution in [3.63, 3.8) is 0 Å². The summed E-state index contributed by atoms with van der Waals surface area (Å²) in [6.45, 7) is 5.18. The van der Waals surface area contributed by atoms with Crippen LogP contribution in [-0.2, 0) is 12.7 Å². The first-order valence-electron chi connectivity index (χ1n) is 12.7. The summed E-state index contributed by atoms with van der Waals surface area (Å²) in [7, 11) is -2.40. The van der Waals surface area contributed by atoms with Gasteiger partial charge < -0.3 is 14.8 Å². The van der Waals surface area contributed by atoms with Gasteiger partial charge in [0.2, 0.25) is 0 Å². The number of amides is 2. The smallest absolute Gasteiger partial charge is 0.335 e. The van der Waals surface area contributed by atoms with E-state index in [4.69, 9.17) is 0 Å². The predicted molar refractivity (Wildman–Crippen MR) is 137 cm³/mol. The predicted octanol–water partition coefficient (Wildman–Crippen LogP) is 3.92. The topological polar surface area (TPSA) is 84.2 Å². The van der Waals surface area contributed by atoms with Gasteiger partial charge in [-0.1, -0.05) is 0 Å². The van der Waals surface area contributed by atoms with Crippen LogP contribution < -0.4 is 5.32 Å². The molecule has 1 aromatic carbocycles. The zero-order valence-electron chi connectivity index (χ0n) is 20.6. The SMILES string of the molecule is O=C(NC1CCN(Cc2ccn(-c3ccc(C(F)(F)F)cc3)c2)CC1)N1CC(N2CCS(O)(O)CC2)C1. The van der Waals surface area contributed by atoms with E-state index < -0.39 is 22.3 Å². The number of aromatic nitrogens is 1. The summed E-state index contributed by atoms with van der Waals surface area (Å²) in [5.74, 6) is 0.849. The molecule has 204 valence electrons. The minimum absolute atomic E-state index is 0.0235. The molecule has 0 aliphatic carbocycles. The Bertz CT molecular complexity index is 1070. The van der Waals surface area contributed by atoms with Crippen molar-refractivity contribution in [2.75, 3.05) is 50.8 Å². The van der Waals surface area contributed by atoms with Crippen LogP contribution in [0.4, 0.5) is 18.0 Å². The van der Waals surface area contributed by atoms with Crippen molar-refractivity contribution < 1.29 is 27.1 Å². The number of rotatable bonds is 5. The Morgan fingerprint density at radius 3 is 2.27 bits per heavy atom. The molecular formula is C25H34F3N5O3S. The van der Waals surface area contributed by atoms with E-state index in [0.29, 0.717) is 49.4 Å². The lowest BCUT2D eigenvalue weighted by Gasteiger charge is -2.50. The zero-order valence-corrected chi connectivity index (χ0v) is 21.4. The van der Waals surface area contributed by atoms with Gasteiger partial charge in [0.05, 0.1) is 17.1 Å². The Balaban J connectivity index is 1.03. The standard InChI is InChI=1S/C25H34F3N5O3S/c26-25(27,28)20-1-3-22(4-2-20)32-10-5-19(16-32)15-30-8-6-21(7-9-30)29-24(34)33-17-23(18-33)31-11-13-37(35,36)14-12-31/h1-5,10,16,21,23,35-36H,6-9,11-15,17-18H2,(H,29,34). The van der Waals surface area contributed by atoms with Gasteiger partial charge in [-0.2, -0.15) is 23.8 Å². The van der Waals surface area contributed by atoms with Gasteiger partial charge in [-0.3, -0.25) is 18.9 Å². The van der Waals surface area contributed by atoms with Crippen LogP contribution in [0.25, 0.3) is 5.69 Å². The fourth-order valence-electron chi connectivity index (χ4n) is 5.23. The van der Waals surface area contributed by atoms with E-state index in [1.165, 1.54) is 12.1 Å². The zero-order chi connectivity index (χ0) is 26.2. The van der Waals surface area contributed by atoms with Crippen molar-refractivity contribution in [3.8, 4) is 5.69 Å². The summed E-state index contributed by atoms with van der Waals surface area (Å²) >= 11 is 0. The lowest BCUT2D eigenvalue weighted by atomic mass is 10.0. The molecule has 3 aliphatic heterocycles. The van der Waals surface area contributed by atoms with Gasteiger partial charge in [-0.05, 0) is 48.7 Å². The molecule has 0 radical (unpaired) electrons. The number of alkyl halides is 3. The van der Waals surface area contributed by atoms with Gasteiger partial charge in [0, 0.05) is 76.0 Å². The quantitative estimate of drug-likeness (QED) is 0.535. The molecular weight excluding hydrogens is 507 g/mol. The van der Waals surface area contributed by atoms with E-state index in [0.717, 1.165) is 50.2 Å². The molecule has 2 amide bonds. The highest BCUT2D eigenvalue weighted by molar-refractivity contribution is 8.24. The summed E-state index contributed by atoms with van der Waals surface area (Å²) in [5.41, 5.74) is 1.12. The van der Waals surface area contributed by atoms with Crippen LogP contribution in [0.2, 0.25) is 0 Å². The highest BCUT2D eigenvalue weighted by Crippen LogP contribution is 2.41. The summed E-state index contributed by atoms with van der Waals surface area (Å²) in [5, 5.41) is 3.16. The number of halogens is 3. The minimum Gasteiger partial charge on any atom is -0.335 e. The third kappa shape index (κ3) is 6.43. The lowest BCUT2D eigenvalue weighted by molar-refractivity contribution is -0.137. The largest absolute Gasteiger partial charge is 0.416 e. The number of nitrogens with zero attached hydrogens (tertiary/aromatic N) is 4. The third-order valence-corrected chi connectivity index (χ3v) is 9.32. The Hall–Kier alpha value is -2.25. The van der Waals surface area contributed by atoms with Crippen LogP contribution >= 0.6 is 10.6 Å². The molecule has 8 nitrogen and oxygen atoms in total. The van der Waals surface area contributed by atoms with Gasteiger partial charge in [-0.15, -0.1) is 0 Å². The van der Waals surface area contributed by atoms with Crippen molar-refractivity contribution in [1.29, 1.82) is 0 Å². The summed E-state index contributed by atoms with van der Waals surface area (Å²) in [4.78, 5) is 19.1. The van der Waals surface area contributed by atoms with Gasteiger partial charge in [0.25, 0.3) is 0 Å². The monoisotopic (exact) mass is 541 g/mol. The Morgan fingerprint density at radius 1 is 1.00 bits per heavy atom. The molecule has 0 saturated carbocycles. The maximum absolute atomic E-state index is 12.8. The Labute approximate surface area is 216 Å². The van der Waals surface area contributed by atoms with Crippen LogP contribution in [0.1, 0.15) is 24.0 Å². The average molecular weight is 542 g/mol. The molecule has 1 aromatic heterocycles. The number of nitrogens with one attached hydrogen (secondary N) is 1. The first-order valence-corrected chi connectivity index (χ1v) is 14.5. The maximum Gasteiger partial charge on any atom is 0.416 e. The molecule has 12 heteroatoms. The van der Waals surface area contributed by atoms with E-state index in [-0.39, 0.29) is 12.1 Å². The molecule has 0 atom stereocenters. The summed E-state index contributed by atoms with van der Waals surface area (Å²) in [6, 6.07) is 7.55. The number of carbonyl (C=O) groups is 1. The van der Waals surface area contributed by atoms with E-state index >= 15 is 0 Å². The number of hydrogen-bond acceptors (Lipinski definition) is 5. The maximum atomic E-state index is 12.8. The Morgan fingerprint density at radius 2 is 1.65 bits per heavy atom. The average Bonchev–Trinajstić information content (AvgIpc) is 3.28. The van der Waals surface area contributed by atoms with Crippen LogP contribution in [0.5, 0.6) is 0 Å². The van der Waals surface area contributed by atoms with Gasteiger partial charge in [0.15, 0.2) is 0 Å². The lowest BCUT2D eigenvalue weighted by Crippen LogP contribution is -2.65. The molecule has 3 fully saturated rings. The van der Waals surface area contributed by atoms with Crippen molar-refractivity contribution in [1.82, 2.24) is 24.6 Å². The van der Waals surface area contributed by atoms with Crippen molar-refractivity contribution in [3.05, 3.63) is 53.9 Å². The van der Waals surface area contributed by atoms with Crippen LogP contribution in [0.15, 0.2) is 42.7 Å². The fourth-order valence-corrected chi connectivity index (χ4v) is 6.49. The summed E-state index contributed by atoms with van der Waals surface area (Å²) < 4.78 is 59.8. The fraction of sp³-hybridized carbons (Fsp3) is 0.560. The first kappa shape index (κ1) is 26.4. The third-order valence-electron chi connectivity index (χ3n) is 7.64. The summed E-state index contributed by atoms with van der Waals surface area (Å²) in [6.07, 6.45) is 1.20. The number of carbonyl (C=O) groups excluding carboxylic acids is 1. The molecule has 3 N–H and O–H groups in total. The molecule has 2 aromatic rings. The van der Waals surface area contributed by atoms with E-state index in [1.807, 2.05) is 27.9 Å². The molecule has 0 unspecified atom stereocenters. The van der Waals surface area contributed by atoms with Crippen LogP contribution in [0, 0.1) is 0 Å². The van der Waals surface area contributed by atoms with E-state index in [2.05, 4.69) is 15.1 Å². The molecule has 3 saturated heterocycles. The van der Waals surface area contributed by atoms with Gasteiger partial charge >= 0.3 is 12.2 Å². The second kappa shape index (κ2) is 10.5. The van der Waals surface area contributed by atoms with Crippen molar-refractivity contribution >= 4 is 16.6 Å². The number of piperidine rings is 1. The van der Waals surface area contributed by atoms with Crippen LogP contribution in [0.3, 0.4) is 0 Å². The number of benzene rings is 1. The number of hydrogen-bond donors (Lipinski definition) is 3. The Kier molecular flexibility index (Phi) is 7.47. The second-order valence-corrected chi connectivity index (χ2v) is 12.7. The molecule has 37 heavy (non-hydrogen) atoms. The highest BCUT2D eigenvalue weighted by atomic mass is 32.3. The normalized spacial score (nSPS) is 23.0.